The lowest BCUT2D eigenvalue weighted by Crippen LogP contribution is -2.16. The smallest absolute Gasteiger partial charge is 0.310 e. The van der Waals surface area contributed by atoms with E-state index < -0.39 is 0 Å². The van der Waals surface area contributed by atoms with Crippen LogP contribution in [0.3, 0.4) is 0 Å². The third-order valence-electron chi connectivity index (χ3n) is 4.51. The first-order valence-corrected chi connectivity index (χ1v) is 9.37. The molecule has 2 heteroatoms. The van der Waals surface area contributed by atoms with Crippen molar-refractivity contribution in [3.8, 4) is 0 Å². The van der Waals surface area contributed by atoms with E-state index in [1.807, 2.05) is 31.2 Å². The van der Waals surface area contributed by atoms with Gasteiger partial charge in [0.1, 0.15) is 0 Å². The average molecular weight is 326 g/mol. The van der Waals surface area contributed by atoms with Crippen molar-refractivity contribution in [2.75, 3.05) is 0 Å². The molecule has 0 heterocycles. The Balaban J connectivity index is 1.76. The van der Waals surface area contributed by atoms with Crippen LogP contribution in [0.15, 0.2) is 42.5 Å². The summed E-state index contributed by atoms with van der Waals surface area (Å²) in [7, 11) is 0. The number of hydrogen-bond donors (Lipinski definition) is 0. The highest BCUT2D eigenvalue weighted by atomic mass is 16.5. The third-order valence-corrected chi connectivity index (χ3v) is 4.51. The largest absolute Gasteiger partial charge is 0.462 e. The third kappa shape index (κ3) is 5.99. The van der Waals surface area contributed by atoms with Crippen molar-refractivity contribution in [3.63, 3.8) is 0 Å². The van der Waals surface area contributed by atoms with E-state index in [2.05, 4.69) is 25.1 Å². The number of benzene rings is 2. The molecule has 0 aliphatic rings. The van der Waals surface area contributed by atoms with Crippen LogP contribution in [0.1, 0.15) is 64.4 Å². The van der Waals surface area contributed by atoms with Gasteiger partial charge in [0.15, 0.2) is 0 Å². The second-order valence-electron chi connectivity index (χ2n) is 6.67. The average Bonchev–Trinajstić information content (AvgIpc) is 2.58. The molecular weight excluding hydrogens is 296 g/mol. The molecule has 24 heavy (non-hydrogen) atoms. The van der Waals surface area contributed by atoms with Crippen LogP contribution in [0.25, 0.3) is 10.8 Å². The van der Waals surface area contributed by atoms with Gasteiger partial charge >= 0.3 is 5.97 Å². The molecule has 0 saturated carbocycles. The highest BCUT2D eigenvalue weighted by Crippen LogP contribution is 2.19. The summed E-state index contributed by atoms with van der Waals surface area (Å²) in [4.78, 5) is 12.2. The molecule has 2 aromatic rings. The maximum atomic E-state index is 12.2. The van der Waals surface area contributed by atoms with Crippen molar-refractivity contribution in [3.05, 3.63) is 48.0 Å². The predicted molar refractivity (Wildman–Crippen MR) is 101 cm³/mol. The van der Waals surface area contributed by atoms with E-state index in [-0.39, 0.29) is 12.1 Å². The molecule has 0 N–H and O–H groups in total. The molecule has 0 bridgehead atoms. The minimum atomic E-state index is -0.121. The van der Waals surface area contributed by atoms with Crippen LogP contribution in [0.2, 0.25) is 0 Å². The monoisotopic (exact) mass is 326 g/mol. The summed E-state index contributed by atoms with van der Waals surface area (Å²) in [6.07, 6.45) is 8.94. The molecule has 2 nitrogen and oxygen atoms in total. The van der Waals surface area contributed by atoms with Gasteiger partial charge in [-0.25, -0.2) is 0 Å². The highest BCUT2D eigenvalue weighted by molar-refractivity contribution is 5.88. The number of carbonyl (C=O) groups excluding carboxylic acids is 1. The van der Waals surface area contributed by atoms with Gasteiger partial charge in [0, 0.05) is 0 Å². The van der Waals surface area contributed by atoms with E-state index in [0.717, 1.165) is 23.8 Å². The van der Waals surface area contributed by atoms with Gasteiger partial charge in [-0.2, -0.15) is 0 Å². The molecule has 1 unspecified atom stereocenters. The molecule has 0 aromatic heterocycles. The fourth-order valence-corrected chi connectivity index (χ4v) is 3.14. The van der Waals surface area contributed by atoms with Crippen LogP contribution in [0, 0.1) is 0 Å². The first-order valence-electron chi connectivity index (χ1n) is 9.37. The van der Waals surface area contributed by atoms with E-state index in [1.54, 1.807) is 0 Å². The first-order chi connectivity index (χ1) is 11.7. The molecule has 2 rings (SSSR count). The Hall–Kier alpha value is -1.83. The zero-order valence-corrected chi connectivity index (χ0v) is 15.1. The summed E-state index contributed by atoms with van der Waals surface area (Å²) in [6, 6.07) is 14.3. The van der Waals surface area contributed by atoms with Crippen LogP contribution < -0.4 is 0 Å². The molecule has 2 aromatic carbocycles. The van der Waals surface area contributed by atoms with Gasteiger partial charge in [-0.05, 0) is 36.1 Å². The van der Waals surface area contributed by atoms with Crippen LogP contribution in [0.4, 0.5) is 0 Å². The van der Waals surface area contributed by atoms with Gasteiger partial charge in [-0.3, -0.25) is 4.79 Å². The first kappa shape index (κ1) is 18.5. The molecule has 0 amide bonds. The molecule has 0 saturated heterocycles. The molecule has 0 fully saturated rings. The summed E-state index contributed by atoms with van der Waals surface area (Å²) >= 11 is 0. The minimum absolute atomic E-state index is 0.0126. The second kappa shape index (κ2) is 10.1. The lowest BCUT2D eigenvalue weighted by Gasteiger charge is -2.14. The van der Waals surface area contributed by atoms with E-state index >= 15 is 0 Å². The quantitative estimate of drug-likeness (QED) is 0.391. The topological polar surface area (TPSA) is 26.3 Å². The SMILES string of the molecule is CCCCCCCCC(C)OC(=O)Cc1cccc2ccccc12. The maximum absolute atomic E-state index is 12.2. The van der Waals surface area contributed by atoms with Crippen LogP contribution >= 0.6 is 0 Å². The van der Waals surface area contributed by atoms with Crippen molar-refractivity contribution in [1.29, 1.82) is 0 Å². The number of fused-ring (bicyclic) bond motifs is 1. The van der Waals surface area contributed by atoms with E-state index in [1.165, 1.54) is 37.5 Å². The molecule has 0 aliphatic carbocycles. The Labute approximate surface area is 146 Å². The number of esters is 1. The van der Waals surface area contributed by atoms with Crippen LogP contribution in [-0.2, 0) is 16.0 Å². The Kier molecular flexibility index (Phi) is 7.81. The normalized spacial score (nSPS) is 12.2. The Bertz CT molecular complexity index is 627. The van der Waals surface area contributed by atoms with E-state index in [0.29, 0.717) is 6.42 Å². The van der Waals surface area contributed by atoms with Gasteiger partial charge in [0.05, 0.1) is 12.5 Å². The number of unbranched alkanes of at least 4 members (excludes halogenated alkanes) is 5. The van der Waals surface area contributed by atoms with E-state index in [9.17, 15) is 4.79 Å². The summed E-state index contributed by atoms with van der Waals surface area (Å²) in [5, 5.41) is 2.31. The van der Waals surface area contributed by atoms with Gasteiger partial charge in [0.25, 0.3) is 0 Å². The zero-order chi connectivity index (χ0) is 17.2. The van der Waals surface area contributed by atoms with Gasteiger partial charge in [-0.1, -0.05) is 81.5 Å². The lowest BCUT2D eigenvalue weighted by atomic mass is 10.0. The Morgan fingerprint density at radius 2 is 1.67 bits per heavy atom. The minimum Gasteiger partial charge on any atom is -0.462 e. The fourth-order valence-electron chi connectivity index (χ4n) is 3.14. The highest BCUT2D eigenvalue weighted by Gasteiger charge is 2.12. The molecule has 0 aliphatic heterocycles. The molecule has 1 atom stereocenters. The number of carbonyl (C=O) groups is 1. The molecule has 0 radical (unpaired) electrons. The summed E-state index contributed by atoms with van der Waals surface area (Å²) < 4.78 is 5.59. The van der Waals surface area contributed by atoms with Crippen molar-refractivity contribution < 1.29 is 9.53 Å². The lowest BCUT2D eigenvalue weighted by molar-refractivity contribution is -0.147. The molecule has 130 valence electrons. The predicted octanol–water partition coefficient (Wildman–Crippen LogP) is 6.06. The van der Waals surface area contributed by atoms with Crippen molar-refractivity contribution >= 4 is 16.7 Å². The standard InChI is InChI=1S/C22H30O2/c1-3-4-5-6-7-8-12-18(2)24-22(23)17-20-15-11-14-19-13-9-10-16-21(19)20/h9-11,13-16,18H,3-8,12,17H2,1-2H3. The van der Waals surface area contributed by atoms with E-state index in [4.69, 9.17) is 4.74 Å². The second-order valence-corrected chi connectivity index (χ2v) is 6.67. The fraction of sp³-hybridized carbons (Fsp3) is 0.500. The number of rotatable bonds is 10. The van der Waals surface area contributed by atoms with Crippen LogP contribution in [-0.4, -0.2) is 12.1 Å². The Morgan fingerprint density at radius 3 is 2.50 bits per heavy atom. The van der Waals surface area contributed by atoms with Gasteiger partial charge < -0.3 is 4.74 Å². The van der Waals surface area contributed by atoms with Crippen molar-refractivity contribution in [1.82, 2.24) is 0 Å². The summed E-state index contributed by atoms with van der Waals surface area (Å²) in [5.74, 6) is -0.121. The maximum Gasteiger partial charge on any atom is 0.310 e. The zero-order valence-electron chi connectivity index (χ0n) is 15.1. The van der Waals surface area contributed by atoms with Crippen molar-refractivity contribution in [2.24, 2.45) is 0 Å². The van der Waals surface area contributed by atoms with Gasteiger partial charge in [-0.15, -0.1) is 0 Å². The molecular formula is C22H30O2. The Morgan fingerprint density at radius 1 is 0.958 bits per heavy atom. The summed E-state index contributed by atoms with van der Waals surface area (Å²) in [6.45, 7) is 4.24. The van der Waals surface area contributed by atoms with Gasteiger partial charge in [0.2, 0.25) is 0 Å². The van der Waals surface area contributed by atoms with Crippen molar-refractivity contribution in [2.45, 2.75) is 71.3 Å². The number of ether oxygens (including phenoxy) is 1. The molecule has 0 spiro atoms. The number of hydrogen-bond acceptors (Lipinski definition) is 2. The van der Waals surface area contributed by atoms with Crippen LogP contribution in [0.5, 0.6) is 0 Å². The summed E-state index contributed by atoms with van der Waals surface area (Å²) in [5.41, 5.74) is 1.05.